The number of nitrogens with zero attached hydrogens (tertiary/aromatic N) is 3. The molecule has 0 aliphatic heterocycles. The van der Waals surface area contributed by atoms with Crippen molar-refractivity contribution in [2.75, 3.05) is 0 Å². The Morgan fingerprint density at radius 3 is 2.75 bits per heavy atom. The van der Waals surface area contributed by atoms with E-state index in [1.807, 2.05) is 18.2 Å². The lowest BCUT2D eigenvalue weighted by Crippen LogP contribution is -2.22. The standard InChI is InChI=1S/C16H13N3O3S2/c17-10-14(16-18-13-8-4-5-9-15(13)23-16)19-22-24(20,21)11-12-6-2-1-3-7-12/h1-3,6-9H,4-5,11H2/b19-14+. The molecule has 0 saturated carbocycles. The average Bonchev–Trinajstić information content (AvgIpc) is 2.99. The van der Waals surface area contributed by atoms with Crippen LogP contribution in [-0.2, 0) is 20.2 Å². The van der Waals surface area contributed by atoms with E-state index in [1.54, 1.807) is 30.3 Å². The third-order valence-corrected chi connectivity index (χ3v) is 5.31. The number of hydrogen-bond acceptors (Lipinski definition) is 7. The molecule has 122 valence electrons. The average molecular weight is 359 g/mol. The summed E-state index contributed by atoms with van der Waals surface area (Å²) >= 11 is 1.30. The van der Waals surface area contributed by atoms with E-state index >= 15 is 0 Å². The van der Waals surface area contributed by atoms with Gasteiger partial charge in [0.25, 0.3) is 0 Å². The second-order valence-corrected chi connectivity index (χ2v) is 7.65. The van der Waals surface area contributed by atoms with E-state index in [9.17, 15) is 13.7 Å². The molecular formula is C16H13N3O3S2. The number of nitriles is 1. The van der Waals surface area contributed by atoms with E-state index in [1.165, 1.54) is 11.3 Å². The Balaban J connectivity index is 1.81. The van der Waals surface area contributed by atoms with E-state index in [0.717, 1.165) is 22.7 Å². The Bertz CT molecular complexity index is 999. The molecule has 1 aliphatic carbocycles. The van der Waals surface area contributed by atoms with E-state index < -0.39 is 10.1 Å². The lowest BCUT2D eigenvalue weighted by atomic mass is 10.2. The number of benzene rings is 1. The first kappa shape index (κ1) is 16.4. The van der Waals surface area contributed by atoms with Crippen molar-refractivity contribution in [1.82, 2.24) is 4.98 Å². The van der Waals surface area contributed by atoms with Gasteiger partial charge in [0.05, 0.1) is 9.88 Å². The molecule has 2 aromatic rings. The molecular weight excluding hydrogens is 346 g/mol. The first-order valence-electron chi connectivity index (χ1n) is 7.18. The molecule has 6 nitrogen and oxygen atoms in total. The molecule has 0 spiro atoms. The largest absolute Gasteiger partial charge is 0.332 e. The van der Waals surface area contributed by atoms with Gasteiger partial charge >= 0.3 is 10.1 Å². The van der Waals surface area contributed by atoms with Crippen LogP contribution in [0.25, 0.3) is 12.2 Å². The Morgan fingerprint density at radius 1 is 1.29 bits per heavy atom. The van der Waals surface area contributed by atoms with Crippen LogP contribution >= 0.6 is 11.3 Å². The van der Waals surface area contributed by atoms with Gasteiger partial charge < -0.3 is 0 Å². The number of hydrogen-bond donors (Lipinski definition) is 0. The molecule has 1 aliphatic rings. The Kier molecular flexibility index (Phi) is 4.74. The van der Waals surface area contributed by atoms with Gasteiger partial charge in [0.1, 0.15) is 11.8 Å². The smallest absolute Gasteiger partial charge is 0.267 e. The van der Waals surface area contributed by atoms with Gasteiger partial charge in [-0.1, -0.05) is 47.6 Å². The van der Waals surface area contributed by atoms with Crippen LogP contribution in [0.15, 0.2) is 35.5 Å². The third kappa shape index (κ3) is 3.88. The summed E-state index contributed by atoms with van der Waals surface area (Å²) in [5.41, 5.74) is 0.438. The minimum atomic E-state index is -3.93. The zero-order valence-corrected chi connectivity index (χ0v) is 14.2. The number of fused-ring (bicyclic) bond motifs is 1. The SMILES string of the molecule is N#C/C(=N\OS(=O)(=O)Cc1ccccc1)c1nc2c(s1)=CCCC=2. The Morgan fingerprint density at radius 2 is 2.04 bits per heavy atom. The predicted octanol–water partition coefficient (Wildman–Crippen LogP) is 1.27. The van der Waals surface area contributed by atoms with Crippen LogP contribution in [0, 0.1) is 11.3 Å². The first-order chi connectivity index (χ1) is 11.6. The second kappa shape index (κ2) is 6.95. The molecule has 8 heteroatoms. The van der Waals surface area contributed by atoms with Crippen LogP contribution in [0.2, 0.25) is 0 Å². The van der Waals surface area contributed by atoms with Gasteiger partial charge in [-0.3, -0.25) is 4.28 Å². The van der Waals surface area contributed by atoms with Crippen molar-refractivity contribution in [2.45, 2.75) is 18.6 Å². The molecule has 0 unspecified atom stereocenters. The van der Waals surface area contributed by atoms with Crippen molar-refractivity contribution in [1.29, 1.82) is 5.26 Å². The highest BCUT2D eigenvalue weighted by Crippen LogP contribution is 2.09. The summed E-state index contributed by atoms with van der Waals surface area (Å²) in [5, 5.41) is 13.9. The Labute approximate surface area is 143 Å². The lowest BCUT2D eigenvalue weighted by Gasteiger charge is -2.01. The van der Waals surface area contributed by atoms with Crippen molar-refractivity contribution in [3.05, 3.63) is 50.8 Å². The molecule has 0 amide bonds. The molecule has 0 saturated heterocycles. The molecule has 3 rings (SSSR count). The fourth-order valence-electron chi connectivity index (χ4n) is 2.18. The van der Waals surface area contributed by atoms with Crippen molar-refractivity contribution >= 4 is 39.3 Å². The van der Waals surface area contributed by atoms with Crippen LogP contribution in [0.5, 0.6) is 0 Å². The molecule has 0 fully saturated rings. The summed E-state index contributed by atoms with van der Waals surface area (Å²) in [6.45, 7) is 0. The summed E-state index contributed by atoms with van der Waals surface area (Å²) in [4.78, 5) is 4.31. The van der Waals surface area contributed by atoms with Crippen LogP contribution in [0.3, 0.4) is 0 Å². The number of thiazole rings is 1. The van der Waals surface area contributed by atoms with Crippen molar-refractivity contribution in [3.63, 3.8) is 0 Å². The topological polar surface area (TPSA) is 92.4 Å². The van der Waals surface area contributed by atoms with Gasteiger partial charge in [-0.15, -0.1) is 11.3 Å². The van der Waals surface area contributed by atoms with Gasteiger partial charge in [-0.05, 0) is 18.4 Å². The van der Waals surface area contributed by atoms with Crippen LogP contribution in [-0.4, -0.2) is 19.1 Å². The van der Waals surface area contributed by atoms with Crippen LogP contribution < -0.4 is 9.88 Å². The maximum absolute atomic E-state index is 12.0. The Hall–Kier alpha value is -2.50. The van der Waals surface area contributed by atoms with E-state index in [-0.39, 0.29) is 11.5 Å². The second-order valence-electron chi connectivity index (χ2n) is 5.07. The number of rotatable bonds is 5. The zero-order valence-electron chi connectivity index (χ0n) is 12.5. The van der Waals surface area contributed by atoms with Crippen molar-refractivity contribution in [3.8, 4) is 6.07 Å². The van der Waals surface area contributed by atoms with Gasteiger partial charge in [0.15, 0.2) is 5.01 Å². The molecule has 24 heavy (non-hydrogen) atoms. The molecule has 0 atom stereocenters. The van der Waals surface area contributed by atoms with Crippen molar-refractivity contribution in [2.24, 2.45) is 5.16 Å². The first-order valence-corrected chi connectivity index (χ1v) is 9.58. The van der Waals surface area contributed by atoms with Crippen LogP contribution in [0.1, 0.15) is 23.4 Å². The summed E-state index contributed by atoms with van der Waals surface area (Å²) < 4.78 is 29.6. The third-order valence-electron chi connectivity index (χ3n) is 3.25. The zero-order chi connectivity index (χ0) is 17.0. The highest BCUT2D eigenvalue weighted by Gasteiger charge is 2.16. The minimum absolute atomic E-state index is 0.146. The van der Waals surface area contributed by atoms with Crippen molar-refractivity contribution < 1.29 is 12.7 Å². The molecule has 0 bridgehead atoms. The van der Waals surface area contributed by atoms with Gasteiger partial charge in [-0.25, -0.2) is 4.98 Å². The fourth-order valence-corrected chi connectivity index (χ4v) is 3.99. The summed E-state index contributed by atoms with van der Waals surface area (Å²) in [5.74, 6) is -0.314. The molecule has 1 heterocycles. The summed E-state index contributed by atoms with van der Waals surface area (Å²) in [6, 6.07) is 10.5. The van der Waals surface area contributed by atoms with E-state index in [4.69, 9.17) is 0 Å². The normalized spacial score (nSPS) is 14.0. The maximum Gasteiger partial charge on any atom is 0.332 e. The maximum atomic E-state index is 12.0. The predicted molar refractivity (Wildman–Crippen MR) is 91.8 cm³/mol. The van der Waals surface area contributed by atoms with Gasteiger partial charge in [0, 0.05) is 0 Å². The number of aromatic nitrogens is 1. The minimum Gasteiger partial charge on any atom is -0.267 e. The molecule has 1 aromatic carbocycles. The van der Waals surface area contributed by atoms with Crippen LogP contribution in [0.4, 0.5) is 0 Å². The quantitative estimate of drug-likeness (QED) is 0.592. The molecule has 0 radical (unpaired) electrons. The highest BCUT2D eigenvalue weighted by atomic mass is 32.2. The highest BCUT2D eigenvalue weighted by molar-refractivity contribution is 7.85. The van der Waals surface area contributed by atoms with E-state index in [0.29, 0.717) is 10.6 Å². The molecule has 1 aromatic heterocycles. The monoisotopic (exact) mass is 359 g/mol. The van der Waals surface area contributed by atoms with Gasteiger partial charge in [-0.2, -0.15) is 13.7 Å². The lowest BCUT2D eigenvalue weighted by molar-refractivity contribution is 0.339. The number of oxime groups is 1. The molecule has 0 N–H and O–H groups in total. The van der Waals surface area contributed by atoms with Gasteiger partial charge in [0.2, 0.25) is 5.71 Å². The summed E-state index contributed by atoms with van der Waals surface area (Å²) in [6.07, 6.45) is 5.85. The van der Waals surface area contributed by atoms with E-state index in [2.05, 4.69) is 14.4 Å². The fraction of sp³-hybridized carbons (Fsp3) is 0.188. The summed E-state index contributed by atoms with van der Waals surface area (Å²) in [7, 11) is -3.93.